The number of hydrogen-bond donors (Lipinski definition) is 0. The summed E-state index contributed by atoms with van der Waals surface area (Å²) >= 11 is 6.01. The number of benzene rings is 1. The van der Waals surface area contributed by atoms with E-state index in [1.807, 2.05) is 42.7 Å². The van der Waals surface area contributed by atoms with Crippen LogP contribution in [-0.2, 0) is 19.5 Å². The van der Waals surface area contributed by atoms with Crippen molar-refractivity contribution >= 4 is 11.6 Å². The summed E-state index contributed by atoms with van der Waals surface area (Å²) in [6.07, 6.45) is 4.77. The van der Waals surface area contributed by atoms with E-state index >= 15 is 0 Å². The molecule has 4 heterocycles. The molecule has 0 unspecified atom stereocenters. The van der Waals surface area contributed by atoms with E-state index in [0.717, 1.165) is 54.0 Å². The lowest BCUT2D eigenvalue weighted by Gasteiger charge is -2.28. The number of hydrogen-bond acceptors (Lipinski definition) is 4. The maximum atomic E-state index is 6.01. The second-order valence-corrected chi connectivity index (χ2v) is 8.95. The molecule has 0 fully saturated rings. The zero-order valence-electron chi connectivity index (χ0n) is 18.6. The van der Waals surface area contributed by atoms with Gasteiger partial charge in [0.15, 0.2) is 5.82 Å². The van der Waals surface area contributed by atoms with Crippen LogP contribution < -0.4 is 0 Å². The molecule has 0 N–H and O–H groups in total. The van der Waals surface area contributed by atoms with Gasteiger partial charge >= 0.3 is 0 Å². The molecule has 3 aromatic heterocycles. The maximum Gasteiger partial charge on any atom is 0.159 e. The Hall–Kier alpha value is -3.02. The Balaban J connectivity index is 1.35. The molecule has 1 aliphatic rings. The lowest BCUT2D eigenvalue weighted by Crippen LogP contribution is -2.31. The molecule has 32 heavy (non-hydrogen) atoms. The Kier molecular flexibility index (Phi) is 5.53. The normalized spacial score (nSPS) is 13.9. The van der Waals surface area contributed by atoms with E-state index in [-0.39, 0.29) is 0 Å². The van der Waals surface area contributed by atoms with Gasteiger partial charge in [0.25, 0.3) is 0 Å². The highest BCUT2D eigenvalue weighted by Crippen LogP contribution is 2.26. The Morgan fingerprint density at radius 2 is 1.84 bits per heavy atom. The number of aromatic nitrogens is 4. The summed E-state index contributed by atoms with van der Waals surface area (Å²) in [5.74, 6) is 1.78. The summed E-state index contributed by atoms with van der Waals surface area (Å²) in [4.78, 5) is 16.6. The van der Waals surface area contributed by atoms with Gasteiger partial charge in [0.1, 0.15) is 5.82 Å². The van der Waals surface area contributed by atoms with Gasteiger partial charge in [-0.05, 0) is 68.3 Å². The van der Waals surface area contributed by atoms with E-state index in [0.29, 0.717) is 0 Å². The van der Waals surface area contributed by atoms with Crippen LogP contribution in [0.4, 0.5) is 0 Å². The van der Waals surface area contributed by atoms with Crippen molar-refractivity contribution in [3.05, 3.63) is 93.7 Å². The van der Waals surface area contributed by atoms with Crippen LogP contribution in [-0.4, -0.2) is 31.0 Å². The van der Waals surface area contributed by atoms with Crippen molar-refractivity contribution in [2.75, 3.05) is 6.54 Å². The van der Waals surface area contributed by atoms with Gasteiger partial charge in [-0.15, -0.1) is 0 Å². The molecule has 5 rings (SSSR count). The molecule has 162 valence electrons. The summed E-state index contributed by atoms with van der Waals surface area (Å²) in [5, 5.41) is 0.722. The summed E-state index contributed by atoms with van der Waals surface area (Å²) in [5.41, 5.74) is 8.35. The number of fused-ring (bicyclic) bond motifs is 1. The molecule has 1 aromatic carbocycles. The van der Waals surface area contributed by atoms with Gasteiger partial charge in [0.05, 0.1) is 5.69 Å². The molecule has 0 atom stereocenters. The first-order chi connectivity index (χ1) is 15.5. The van der Waals surface area contributed by atoms with Crippen molar-refractivity contribution in [2.45, 2.75) is 40.3 Å². The molecule has 0 radical (unpaired) electrons. The second-order valence-electron chi connectivity index (χ2n) is 8.51. The number of pyridine rings is 1. The molecule has 0 aliphatic carbocycles. The van der Waals surface area contributed by atoms with Crippen LogP contribution in [0.3, 0.4) is 0 Å². The van der Waals surface area contributed by atoms with Crippen molar-refractivity contribution in [3.63, 3.8) is 0 Å². The highest BCUT2D eigenvalue weighted by molar-refractivity contribution is 6.30. The van der Waals surface area contributed by atoms with Gasteiger partial charge in [-0.3, -0.25) is 4.90 Å². The van der Waals surface area contributed by atoms with E-state index < -0.39 is 0 Å². The van der Waals surface area contributed by atoms with Gasteiger partial charge in [-0.1, -0.05) is 17.7 Å². The van der Waals surface area contributed by atoms with Crippen molar-refractivity contribution in [1.82, 2.24) is 24.4 Å². The quantitative estimate of drug-likeness (QED) is 0.419. The monoisotopic (exact) mass is 443 g/mol. The van der Waals surface area contributed by atoms with E-state index in [1.165, 1.54) is 28.1 Å². The third-order valence-corrected chi connectivity index (χ3v) is 6.49. The van der Waals surface area contributed by atoms with Crippen molar-refractivity contribution in [1.29, 1.82) is 0 Å². The van der Waals surface area contributed by atoms with Crippen LogP contribution in [0.5, 0.6) is 0 Å². The summed E-state index contributed by atoms with van der Waals surface area (Å²) in [6, 6.07) is 14.1. The summed E-state index contributed by atoms with van der Waals surface area (Å²) in [7, 11) is 0. The van der Waals surface area contributed by atoms with Gasteiger partial charge in [0, 0.05) is 66.0 Å². The predicted octanol–water partition coefficient (Wildman–Crippen LogP) is 5.47. The molecule has 0 bridgehead atoms. The molecule has 4 aromatic rings. The number of aryl methyl sites for hydroxylation is 2. The standard InChI is InChI=1S/C26H26ClN5/c1-17-5-4-11-28-26(17)32-18(2)13-21(19(32)3)15-31-12-10-24-22(16-31)14-29-25(30-24)20-6-8-23(27)9-7-20/h4-9,11,13-14H,10,12,15-16H2,1-3H3. The van der Waals surface area contributed by atoms with Crippen molar-refractivity contribution in [3.8, 4) is 17.2 Å². The zero-order valence-corrected chi connectivity index (χ0v) is 19.4. The summed E-state index contributed by atoms with van der Waals surface area (Å²) < 4.78 is 2.27. The predicted molar refractivity (Wildman–Crippen MR) is 128 cm³/mol. The first-order valence-corrected chi connectivity index (χ1v) is 11.3. The fourth-order valence-electron chi connectivity index (χ4n) is 4.52. The van der Waals surface area contributed by atoms with Crippen LogP contribution in [0.2, 0.25) is 5.02 Å². The van der Waals surface area contributed by atoms with Crippen LogP contribution >= 0.6 is 11.6 Å². The fourth-order valence-corrected chi connectivity index (χ4v) is 4.64. The van der Waals surface area contributed by atoms with Crippen LogP contribution in [0.15, 0.2) is 54.9 Å². The Bertz CT molecular complexity index is 1280. The SMILES string of the molecule is Cc1cccnc1-n1c(C)cc(CN2CCc3nc(-c4ccc(Cl)cc4)ncc3C2)c1C. The minimum Gasteiger partial charge on any atom is -0.303 e. The number of nitrogens with zero attached hydrogens (tertiary/aromatic N) is 5. The van der Waals surface area contributed by atoms with Crippen molar-refractivity contribution in [2.24, 2.45) is 0 Å². The molecule has 0 spiro atoms. The number of halogens is 1. The zero-order chi connectivity index (χ0) is 22.2. The molecule has 0 saturated carbocycles. The largest absolute Gasteiger partial charge is 0.303 e. The Labute approximate surface area is 193 Å². The van der Waals surface area contributed by atoms with Gasteiger partial charge in [0.2, 0.25) is 0 Å². The minimum absolute atomic E-state index is 0.722. The molecule has 5 nitrogen and oxygen atoms in total. The van der Waals surface area contributed by atoms with Gasteiger partial charge < -0.3 is 4.57 Å². The third-order valence-electron chi connectivity index (χ3n) is 6.24. The lowest BCUT2D eigenvalue weighted by atomic mass is 10.1. The maximum absolute atomic E-state index is 6.01. The van der Waals surface area contributed by atoms with E-state index in [9.17, 15) is 0 Å². The highest BCUT2D eigenvalue weighted by Gasteiger charge is 2.21. The van der Waals surface area contributed by atoms with Crippen molar-refractivity contribution < 1.29 is 0 Å². The van der Waals surface area contributed by atoms with E-state index in [4.69, 9.17) is 16.6 Å². The minimum atomic E-state index is 0.722. The first kappa shape index (κ1) is 20.9. The lowest BCUT2D eigenvalue weighted by molar-refractivity contribution is 0.242. The Morgan fingerprint density at radius 3 is 2.62 bits per heavy atom. The molecular formula is C26H26ClN5. The van der Waals surface area contributed by atoms with Crippen LogP contribution in [0, 0.1) is 20.8 Å². The molecule has 0 amide bonds. The third kappa shape index (κ3) is 3.94. The Morgan fingerprint density at radius 1 is 1.03 bits per heavy atom. The highest BCUT2D eigenvalue weighted by atomic mass is 35.5. The topological polar surface area (TPSA) is 46.8 Å². The summed E-state index contributed by atoms with van der Waals surface area (Å²) in [6.45, 7) is 9.21. The molecule has 0 saturated heterocycles. The smallest absolute Gasteiger partial charge is 0.159 e. The van der Waals surface area contributed by atoms with Gasteiger partial charge in [-0.25, -0.2) is 15.0 Å². The van der Waals surface area contributed by atoms with Crippen LogP contribution in [0.1, 0.15) is 33.8 Å². The van der Waals surface area contributed by atoms with Crippen LogP contribution in [0.25, 0.3) is 17.2 Å². The second kappa shape index (κ2) is 8.49. The van der Waals surface area contributed by atoms with Gasteiger partial charge in [-0.2, -0.15) is 0 Å². The van der Waals surface area contributed by atoms with E-state index in [2.05, 4.69) is 52.3 Å². The molecular weight excluding hydrogens is 418 g/mol. The number of rotatable bonds is 4. The van der Waals surface area contributed by atoms with E-state index in [1.54, 1.807) is 0 Å². The fraction of sp³-hybridized carbons (Fsp3) is 0.269. The molecule has 6 heteroatoms. The molecule has 1 aliphatic heterocycles. The first-order valence-electron chi connectivity index (χ1n) is 10.9. The average molecular weight is 444 g/mol. The average Bonchev–Trinajstić information content (AvgIpc) is 3.07.